The molecule has 0 amide bonds. The molecule has 0 N–H and O–H groups in total. The molecule has 148 valence electrons. The lowest BCUT2D eigenvalue weighted by molar-refractivity contribution is 0.103. The highest BCUT2D eigenvalue weighted by Gasteiger charge is 2.33. The number of rotatable bonds is 4. The summed E-state index contributed by atoms with van der Waals surface area (Å²) >= 11 is 0. The van der Waals surface area contributed by atoms with E-state index in [1.165, 1.54) is 0 Å². The van der Waals surface area contributed by atoms with Crippen LogP contribution in [0.4, 0.5) is 0 Å². The van der Waals surface area contributed by atoms with Gasteiger partial charge in [0, 0.05) is 27.9 Å². The molecule has 2 aromatic carbocycles. The minimum atomic E-state index is 0.0342. The van der Waals surface area contributed by atoms with E-state index in [1.807, 2.05) is 73.7 Å². The molecule has 1 heterocycles. The minimum absolute atomic E-state index is 0.0342. The molecule has 0 radical (unpaired) electrons. The molecule has 0 spiro atoms. The first-order chi connectivity index (χ1) is 14.7. The zero-order valence-electron chi connectivity index (χ0n) is 17.3. The fourth-order valence-electron chi connectivity index (χ4n) is 3.97. The summed E-state index contributed by atoms with van der Waals surface area (Å²) in [6, 6.07) is 18.0. The first-order valence-corrected chi connectivity index (χ1v) is 10.1. The SMILES string of the molecule is C=CC1=C(/C=C\C)C2=C(CO1)/C(=C/C=C(/C)c1ccccc1)C(=O)c1ccccc12. The number of benzene rings is 2. The Bertz CT molecular complexity index is 1170. The summed E-state index contributed by atoms with van der Waals surface area (Å²) in [5, 5.41) is 0. The molecule has 2 heteroatoms. The predicted octanol–water partition coefficient (Wildman–Crippen LogP) is 6.71. The van der Waals surface area contributed by atoms with Gasteiger partial charge in [-0.3, -0.25) is 4.79 Å². The maximum Gasteiger partial charge on any atom is 0.194 e. The van der Waals surface area contributed by atoms with Crippen molar-refractivity contribution in [3.8, 4) is 0 Å². The van der Waals surface area contributed by atoms with E-state index in [-0.39, 0.29) is 5.78 Å². The van der Waals surface area contributed by atoms with Gasteiger partial charge < -0.3 is 4.74 Å². The maximum absolute atomic E-state index is 13.4. The third kappa shape index (κ3) is 3.42. The fourth-order valence-corrected chi connectivity index (χ4v) is 3.97. The Hall–Kier alpha value is -3.65. The summed E-state index contributed by atoms with van der Waals surface area (Å²) in [7, 11) is 0. The van der Waals surface area contributed by atoms with Gasteiger partial charge in [-0.2, -0.15) is 0 Å². The van der Waals surface area contributed by atoms with Crippen molar-refractivity contribution in [2.24, 2.45) is 0 Å². The topological polar surface area (TPSA) is 26.3 Å². The molecular formula is C28H24O2. The highest BCUT2D eigenvalue weighted by atomic mass is 16.5. The van der Waals surface area contributed by atoms with Crippen LogP contribution in [-0.4, -0.2) is 12.4 Å². The number of ketones is 1. The normalized spacial score (nSPS) is 17.9. The van der Waals surface area contributed by atoms with Gasteiger partial charge in [0.15, 0.2) is 5.78 Å². The maximum atomic E-state index is 13.4. The average molecular weight is 392 g/mol. The van der Waals surface area contributed by atoms with E-state index in [2.05, 4.69) is 25.6 Å². The lowest BCUT2D eigenvalue weighted by atomic mass is 9.77. The van der Waals surface area contributed by atoms with Crippen LogP contribution in [0.15, 0.2) is 114 Å². The van der Waals surface area contributed by atoms with E-state index in [9.17, 15) is 4.79 Å². The third-order valence-electron chi connectivity index (χ3n) is 5.47. The number of allylic oxidation sites excluding steroid dienone is 8. The molecule has 4 rings (SSSR count). The Morgan fingerprint density at radius 3 is 2.43 bits per heavy atom. The van der Waals surface area contributed by atoms with E-state index in [0.29, 0.717) is 12.2 Å². The molecule has 2 nitrogen and oxygen atoms in total. The first kappa shape index (κ1) is 19.7. The van der Waals surface area contributed by atoms with Crippen molar-refractivity contribution in [2.75, 3.05) is 6.61 Å². The Balaban J connectivity index is 1.93. The predicted molar refractivity (Wildman–Crippen MR) is 124 cm³/mol. The highest BCUT2D eigenvalue weighted by Crippen LogP contribution is 2.43. The highest BCUT2D eigenvalue weighted by molar-refractivity contribution is 6.20. The number of carbonyl (C=O) groups excluding carboxylic acids is 1. The van der Waals surface area contributed by atoms with Gasteiger partial charge in [0.2, 0.25) is 0 Å². The summed E-state index contributed by atoms with van der Waals surface area (Å²) in [4.78, 5) is 13.4. The lowest BCUT2D eigenvalue weighted by Crippen LogP contribution is -2.22. The van der Waals surface area contributed by atoms with E-state index >= 15 is 0 Å². The number of hydrogen-bond donors (Lipinski definition) is 0. The van der Waals surface area contributed by atoms with E-state index in [1.54, 1.807) is 6.08 Å². The van der Waals surface area contributed by atoms with Crippen LogP contribution in [0.1, 0.15) is 35.3 Å². The Morgan fingerprint density at radius 2 is 1.73 bits per heavy atom. The molecule has 1 aliphatic heterocycles. The summed E-state index contributed by atoms with van der Waals surface area (Å²) in [6.45, 7) is 8.29. The molecule has 2 aromatic rings. The second-order valence-electron chi connectivity index (χ2n) is 7.30. The Labute approximate surface area is 177 Å². The van der Waals surface area contributed by atoms with Gasteiger partial charge in [-0.1, -0.05) is 85.5 Å². The zero-order valence-corrected chi connectivity index (χ0v) is 17.3. The lowest BCUT2D eigenvalue weighted by Gasteiger charge is -2.30. The van der Waals surface area contributed by atoms with Gasteiger partial charge in [-0.05, 0) is 36.6 Å². The monoisotopic (exact) mass is 392 g/mol. The second kappa shape index (κ2) is 8.38. The van der Waals surface area contributed by atoms with Gasteiger partial charge >= 0.3 is 0 Å². The second-order valence-corrected chi connectivity index (χ2v) is 7.30. The summed E-state index contributed by atoms with van der Waals surface area (Å²) in [6.07, 6.45) is 9.70. The van der Waals surface area contributed by atoms with Crippen molar-refractivity contribution in [3.63, 3.8) is 0 Å². The Kier molecular flexibility index (Phi) is 5.49. The number of ether oxygens (including phenoxy) is 1. The first-order valence-electron chi connectivity index (χ1n) is 10.1. The van der Waals surface area contributed by atoms with Gasteiger partial charge in [0.1, 0.15) is 12.4 Å². The van der Waals surface area contributed by atoms with Gasteiger partial charge in [-0.15, -0.1) is 0 Å². The van der Waals surface area contributed by atoms with Crippen molar-refractivity contribution in [3.05, 3.63) is 131 Å². The molecular weight excluding hydrogens is 368 g/mol. The van der Waals surface area contributed by atoms with Crippen LogP contribution >= 0.6 is 0 Å². The van der Waals surface area contributed by atoms with Crippen LogP contribution in [0.2, 0.25) is 0 Å². The van der Waals surface area contributed by atoms with Crippen molar-refractivity contribution in [1.29, 1.82) is 0 Å². The van der Waals surface area contributed by atoms with Crippen LogP contribution in [0, 0.1) is 0 Å². The molecule has 0 saturated carbocycles. The molecule has 2 aliphatic rings. The molecule has 0 bridgehead atoms. The van der Waals surface area contributed by atoms with E-state index < -0.39 is 0 Å². The quantitative estimate of drug-likeness (QED) is 0.540. The number of Topliss-reactive ketones (excluding diaryl/α,β-unsaturated/α-hetero) is 1. The van der Waals surface area contributed by atoms with Crippen LogP contribution in [-0.2, 0) is 4.74 Å². The third-order valence-corrected chi connectivity index (χ3v) is 5.47. The molecule has 0 fully saturated rings. The summed E-state index contributed by atoms with van der Waals surface area (Å²) < 4.78 is 5.99. The van der Waals surface area contributed by atoms with Crippen molar-refractivity contribution >= 4 is 16.9 Å². The van der Waals surface area contributed by atoms with Crippen molar-refractivity contribution in [1.82, 2.24) is 0 Å². The van der Waals surface area contributed by atoms with Crippen LogP contribution in [0.3, 0.4) is 0 Å². The van der Waals surface area contributed by atoms with Gasteiger partial charge in [-0.25, -0.2) is 0 Å². The molecule has 0 unspecified atom stereocenters. The van der Waals surface area contributed by atoms with Gasteiger partial charge in [0.25, 0.3) is 0 Å². The van der Waals surface area contributed by atoms with E-state index in [4.69, 9.17) is 4.74 Å². The largest absolute Gasteiger partial charge is 0.488 e. The summed E-state index contributed by atoms with van der Waals surface area (Å²) in [5.74, 6) is 0.776. The van der Waals surface area contributed by atoms with E-state index in [0.717, 1.165) is 44.7 Å². The summed E-state index contributed by atoms with van der Waals surface area (Å²) in [5.41, 5.74) is 7.54. The number of hydrogen-bond acceptors (Lipinski definition) is 2. The van der Waals surface area contributed by atoms with Crippen molar-refractivity contribution < 1.29 is 9.53 Å². The standard InChI is InChI=1S/C28H24O2/c1-4-11-24-26(5-2)30-18-25-23(17-16-19(3)20-12-7-6-8-13-20)28(29)22-15-10-9-14-21(22)27(24)25/h4-17H,2,18H2,1,3H3/b11-4-,19-16-,23-17-. The number of fused-ring (bicyclic) bond motifs is 2. The van der Waals surface area contributed by atoms with Crippen LogP contribution < -0.4 is 0 Å². The molecule has 0 aromatic heterocycles. The molecule has 30 heavy (non-hydrogen) atoms. The fraction of sp³-hybridized carbons (Fsp3) is 0.107. The van der Waals surface area contributed by atoms with Crippen molar-refractivity contribution in [2.45, 2.75) is 13.8 Å². The smallest absolute Gasteiger partial charge is 0.194 e. The van der Waals surface area contributed by atoms with Crippen LogP contribution in [0.25, 0.3) is 11.1 Å². The average Bonchev–Trinajstić information content (AvgIpc) is 2.79. The van der Waals surface area contributed by atoms with Gasteiger partial charge in [0.05, 0.1) is 0 Å². The molecule has 0 saturated heterocycles. The number of carbonyl (C=O) groups is 1. The minimum Gasteiger partial charge on any atom is -0.488 e. The molecule has 1 aliphatic carbocycles. The zero-order chi connectivity index (χ0) is 21.1. The Morgan fingerprint density at radius 1 is 1.03 bits per heavy atom. The van der Waals surface area contributed by atoms with Crippen LogP contribution in [0.5, 0.6) is 0 Å². The molecule has 0 atom stereocenters.